The van der Waals surface area contributed by atoms with Crippen molar-refractivity contribution in [1.29, 1.82) is 0 Å². The largest absolute Gasteiger partial charge is 0.354 e. The molecule has 21 heavy (non-hydrogen) atoms. The Labute approximate surface area is 130 Å². The monoisotopic (exact) mass is 310 g/mol. The average Bonchev–Trinajstić information content (AvgIpc) is 2.81. The molecule has 3 N–H and O–H groups in total. The number of hydrogen-bond donors (Lipinski definition) is 2. The van der Waals surface area contributed by atoms with E-state index in [2.05, 4.69) is 20.6 Å². The number of hydrogen-bond acceptors (Lipinski definition) is 5. The first-order valence-electron chi connectivity index (χ1n) is 7.53. The zero-order valence-electron chi connectivity index (χ0n) is 13.2. The molecule has 1 aliphatic rings. The van der Waals surface area contributed by atoms with Crippen LogP contribution < -0.4 is 11.1 Å². The van der Waals surface area contributed by atoms with Crippen molar-refractivity contribution >= 4 is 17.2 Å². The fourth-order valence-electron chi connectivity index (χ4n) is 2.52. The molecule has 0 bridgehead atoms. The molecule has 5 nitrogen and oxygen atoms in total. The first kappa shape index (κ1) is 16.4. The number of thiazole rings is 1. The van der Waals surface area contributed by atoms with Crippen LogP contribution in [0, 0.1) is 12.8 Å². The lowest BCUT2D eigenvalue weighted by molar-refractivity contribution is -0.126. The van der Waals surface area contributed by atoms with E-state index in [9.17, 15) is 4.79 Å². The molecule has 1 aromatic rings. The van der Waals surface area contributed by atoms with Gasteiger partial charge in [0.1, 0.15) is 0 Å². The number of nitrogens with zero attached hydrogens (tertiary/aromatic N) is 2. The second-order valence-corrected chi connectivity index (χ2v) is 7.68. The standard InChI is InChI=1S/C15H26N4OS/c1-11-18-13(9-21-11)8-19-6-4-12(5-7-19)14(20)17-10-15(2,3)16/h9,12H,4-8,10,16H2,1-3H3,(H,17,20). The zero-order chi connectivity index (χ0) is 15.5. The van der Waals surface area contributed by atoms with Crippen molar-refractivity contribution < 1.29 is 4.79 Å². The summed E-state index contributed by atoms with van der Waals surface area (Å²) in [5, 5.41) is 6.20. The highest BCUT2D eigenvalue weighted by molar-refractivity contribution is 7.09. The number of likely N-dealkylation sites (tertiary alicyclic amines) is 1. The molecule has 0 radical (unpaired) electrons. The highest BCUT2D eigenvalue weighted by atomic mass is 32.1. The minimum absolute atomic E-state index is 0.126. The van der Waals surface area contributed by atoms with Crippen LogP contribution in [-0.4, -0.2) is 41.0 Å². The molecule has 0 saturated carbocycles. The van der Waals surface area contributed by atoms with Crippen molar-refractivity contribution in [2.24, 2.45) is 11.7 Å². The summed E-state index contributed by atoms with van der Waals surface area (Å²) in [5.74, 6) is 0.276. The topological polar surface area (TPSA) is 71.2 Å². The molecule has 2 heterocycles. The van der Waals surface area contributed by atoms with Crippen molar-refractivity contribution in [3.05, 3.63) is 16.1 Å². The van der Waals surface area contributed by atoms with E-state index in [0.717, 1.165) is 43.2 Å². The van der Waals surface area contributed by atoms with Gasteiger partial charge in [0.25, 0.3) is 0 Å². The first-order valence-corrected chi connectivity index (χ1v) is 8.41. The van der Waals surface area contributed by atoms with E-state index in [1.807, 2.05) is 20.8 Å². The molecular formula is C15H26N4OS. The van der Waals surface area contributed by atoms with E-state index in [0.29, 0.717) is 6.54 Å². The number of rotatable bonds is 5. The summed E-state index contributed by atoms with van der Waals surface area (Å²) in [7, 11) is 0. The van der Waals surface area contributed by atoms with Gasteiger partial charge in [-0.3, -0.25) is 9.69 Å². The van der Waals surface area contributed by atoms with Crippen molar-refractivity contribution in [2.45, 2.75) is 45.7 Å². The van der Waals surface area contributed by atoms with E-state index >= 15 is 0 Å². The number of nitrogens with two attached hydrogens (primary N) is 1. The Morgan fingerprint density at radius 2 is 2.19 bits per heavy atom. The third-order valence-electron chi connectivity index (χ3n) is 3.73. The summed E-state index contributed by atoms with van der Waals surface area (Å²) in [6, 6.07) is 0. The third kappa shape index (κ3) is 5.37. The first-order chi connectivity index (χ1) is 9.83. The van der Waals surface area contributed by atoms with Gasteiger partial charge in [-0.05, 0) is 46.7 Å². The van der Waals surface area contributed by atoms with Crippen LogP contribution in [0.1, 0.15) is 37.4 Å². The Bertz CT molecular complexity index is 472. The van der Waals surface area contributed by atoms with Gasteiger partial charge in [0, 0.05) is 29.9 Å². The lowest BCUT2D eigenvalue weighted by atomic mass is 9.95. The molecule has 1 fully saturated rings. The van der Waals surface area contributed by atoms with Gasteiger partial charge in [0.15, 0.2) is 0 Å². The molecule has 1 saturated heterocycles. The fraction of sp³-hybridized carbons (Fsp3) is 0.733. The zero-order valence-corrected chi connectivity index (χ0v) is 14.0. The molecule has 118 valence electrons. The van der Waals surface area contributed by atoms with Crippen LogP contribution in [0.4, 0.5) is 0 Å². The molecule has 0 aromatic carbocycles. The van der Waals surface area contributed by atoms with Crippen molar-refractivity contribution in [2.75, 3.05) is 19.6 Å². The minimum atomic E-state index is -0.348. The number of carbonyl (C=O) groups excluding carboxylic acids is 1. The highest BCUT2D eigenvalue weighted by Gasteiger charge is 2.26. The van der Waals surface area contributed by atoms with E-state index in [-0.39, 0.29) is 17.4 Å². The summed E-state index contributed by atoms with van der Waals surface area (Å²) in [5.41, 5.74) is 6.69. The van der Waals surface area contributed by atoms with Crippen molar-refractivity contribution in [3.63, 3.8) is 0 Å². The van der Waals surface area contributed by atoms with E-state index in [4.69, 9.17) is 5.73 Å². The Kier molecular flexibility index (Phi) is 5.35. The van der Waals surface area contributed by atoms with Gasteiger partial charge in [0.2, 0.25) is 5.91 Å². The van der Waals surface area contributed by atoms with E-state index in [1.165, 1.54) is 0 Å². The molecule has 0 unspecified atom stereocenters. The van der Waals surface area contributed by atoms with Gasteiger partial charge in [-0.1, -0.05) is 0 Å². The van der Waals surface area contributed by atoms with Crippen LogP contribution in [0.15, 0.2) is 5.38 Å². The quantitative estimate of drug-likeness (QED) is 0.865. The fourth-order valence-corrected chi connectivity index (χ4v) is 3.13. The molecule has 1 aromatic heterocycles. The van der Waals surface area contributed by atoms with E-state index < -0.39 is 0 Å². The van der Waals surface area contributed by atoms with Crippen LogP contribution in [-0.2, 0) is 11.3 Å². The van der Waals surface area contributed by atoms with E-state index in [1.54, 1.807) is 11.3 Å². The number of aryl methyl sites for hydroxylation is 1. The predicted octanol–water partition coefficient (Wildman–Crippen LogP) is 1.52. The number of nitrogens with one attached hydrogen (secondary N) is 1. The van der Waals surface area contributed by atoms with Crippen molar-refractivity contribution in [1.82, 2.24) is 15.2 Å². The maximum atomic E-state index is 12.1. The predicted molar refractivity (Wildman–Crippen MR) is 86.1 cm³/mol. The Morgan fingerprint density at radius 3 is 2.71 bits per heavy atom. The van der Waals surface area contributed by atoms with Crippen LogP contribution in [0.2, 0.25) is 0 Å². The average molecular weight is 310 g/mol. The highest BCUT2D eigenvalue weighted by Crippen LogP contribution is 2.20. The lowest BCUT2D eigenvalue weighted by Crippen LogP contribution is -2.48. The van der Waals surface area contributed by atoms with Gasteiger partial charge in [0.05, 0.1) is 10.7 Å². The van der Waals surface area contributed by atoms with Gasteiger partial charge < -0.3 is 11.1 Å². The molecule has 0 spiro atoms. The molecule has 1 aliphatic heterocycles. The maximum Gasteiger partial charge on any atom is 0.223 e. The maximum absolute atomic E-state index is 12.1. The number of amides is 1. The Balaban J connectivity index is 1.74. The van der Waals surface area contributed by atoms with Crippen LogP contribution >= 0.6 is 11.3 Å². The number of aromatic nitrogens is 1. The number of carbonyl (C=O) groups is 1. The van der Waals surface area contributed by atoms with Gasteiger partial charge >= 0.3 is 0 Å². The summed E-state index contributed by atoms with van der Waals surface area (Å²) in [4.78, 5) is 19.0. The third-order valence-corrected chi connectivity index (χ3v) is 4.55. The van der Waals surface area contributed by atoms with Crippen LogP contribution in [0.5, 0.6) is 0 Å². The summed E-state index contributed by atoms with van der Waals surface area (Å²) < 4.78 is 0. The van der Waals surface area contributed by atoms with Gasteiger partial charge in [-0.15, -0.1) is 11.3 Å². The Hall–Kier alpha value is -0.980. The summed E-state index contributed by atoms with van der Waals surface area (Å²) in [6.07, 6.45) is 1.83. The second kappa shape index (κ2) is 6.85. The van der Waals surface area contributed by atoms with Crippen molar-refractivity contribution in [3.8, 4) is 0 Å². The molecular weight excluding hydrogens is 284 g/mol. The lowest BCUT2D eigenvalue weighted by Gasteiger charge is -2.31. The van der Waals surface area contributed by atoms with Crippen LogP contribution in [0.25, 0.3) is 0 Å². The molecule has 0 atom stereocenters. The Morgan fingerprint density at radius 1 is 1.52 bits per heavy atom. The normalized spacial score (nSPS) is 17.9. The SMILES string of the molecule is Cc1nc(CN2CCC(C(=O)NCC(C)(C)N)CC2)cs1. The molecule has 6 heteroatoms. The van der Waals surface area contributed by atoms with Gasteiger partial charge in [-0.2, -0.15) is 0 Å². The molecule has 2 rings (SSSR count). The summed E-state index contributed by atoms with van der Waals surface area (Å²) >= 11 is 1.69. The minimum Gasteiger partial charge on any atom is -0.354 e. The summed E-state index contributed by atoms with van der Waals surface area (Å²) in [6.45, 7) is 9.22. The second-order valence-electron chi connectivity index (χ2n) is 6.61. The smallest absolute Gasteiger partial charge is 0.223 e. The van der Waals surface area contributed by atoms with Crippen LogP contribution in [0.3, 0.4) is 0 Å². The molecule has 0 aliphatic carbocycles. The molecule has 1 amide bonds. The van der Waals surface area contributed by atoms with Gasteiger partial charge in [-0.25, -0.2) is 4.98 Å². The number of piperidine rings is 1.